The van der Waals surface area contributed by atoms with Crippen molar-refractivity contribution in [2.45, 2.75) is 76.9 Å². The van der Waals surface area contributed by atoms with Gasteiger partial charge in [0.1, 0.15) is 6.04 Å². The van der Waals surface area contributed by atoms with Crippen LogP contribution in [0.2, 0.25) is 0 Å². The van der Waals surface area contributed by atoms with Crippen molar-refractivity contribution in [2.24, 2.45) is 5.92 Å². The molecule has 0 aliphatic heterocycles. The van der Waals surface area contributed by atoms with E-state index in [2.05, 4.69) is 5.32 Å². The van der Waals surface area contributed by atoms with E-state index < -0.39 is 12.0 Å². The first-order chi connectivity index (χ1) is 10.0. The summed E-state index contributed by atoms with van der Waals surface area (Å²) in [5, 5.41) is 12.2. The number of carboxylic acids is 1. The standard InChI is InChI=1S/C16H28N2O3/c1-11(2)18(13-6-4-3-5-7-13)14(19)10-17-15(16(20)21)12-8-9-12/h11-13,15,17H,3-10H2,1-2H3,(H,20,21). The van der Waals surface area contributed by atoms with Gasteiger partial charge in [-0.25, -0.2) is 0 Å². The second-order valence-corrected chi connectivity index (χ2v) is 6.72. The number of amides is 1. The Morgan fingerprint density at radius 3 is 2.24 bits per heavy atom. The minimum atomic E-state index is -0.834. The van der Waals surface area contributed by atoms with Gasteiger partial charge in [-0.1, -0.05) is 19.3 Å². The van der Waals surface area contributed by atoms with E-state index in [1.807, 2.05) is 18.7 Å². The number of carbonyl (C=O) groups excluding carboxylic acids is 1. The molecule has 0 bridgehead atoms. The summed E-state index contributed by atoms with van der Waals surface area (Å²) in [5.74, 6) is -0.583. The highest BCUT2D eigenvalue weighted by atomic mass is 16.4. The summed E-state index contributed by atoms with van der Waals surface area (Å²) in [6.07, 6.45) is 7.70. The molecule has 120 valence electrons. The van der Waals surface area contributed by atoms with E-state index in [-0.39, 0.29) is 24.4 Å². The predicted octanol–water partition coefficient (Wildman–Crippen LogP) is 2.01. The van der Waals surface area contributed by atoms with Gasteiger partial charge in [0.25, 0.3) is 0 Å². The van der Waals surface area contributed by atoms with Gasteiger partial charge in [-0.2, -0.15) is 0 Å². The van der Waals surface area contributed by atoms with Crippen LogP contribution in [0.5, 0.6) is 0 Å². The molecule has 1 unspecified atom stereocenters. The van der Waals surface area contributed by atoms with Crippen molar-refractivity contribution >= 4 is 11.9 Å². The maximum absolute atomic E-state index is 12.5. The average molecular weight is 296 g/mol. The molecule has 1 atom stereocenters. The Morgan fingerprint density at radius 1 is 1.14 bits per heavy atom. The predicted molar refractivity (Wildman–Crippen MR) is 81.0 cm³/mol. The summed E-state index contributed by atoms with van der Waals surface area (Å²) in [6.45, 7) is 4.23. The zero-order chi connectivity index (χ0) is 15.4. The fourth-order valence-electron chi connectivity index (χ4n) is 3.45. The van der Waals surface area contributed by atoms with Crippen LogP contribution in [0, 0.1) is 5.92 Å². The Balaban J connectivity index is 1.90. The van der Waals surface area contributed by atoms with Crippen molar-refractivity contribution in [1.82, 2.24) is 10.2 Å². The summed E-state index contributed by atoms with van der Waals surface area (Å²) < 4.78 is 0. The third-order valence-electron chi connectivity index (χ3n) is 4.65. The summed E-state index contributed by atoms with van der Waals surface area (Å²) in [4.78, 5) is 25.7. The Kier molecular flexibility index (Phi) is 5.62. The van der Waals surface area contributed by atoms with Crippen LogP contribution in [0.1, 0.15) is 58.8 Å². The van der Waals surface area contributed by atoms with E-state index in [0.717, 1.165) is 25.7 Å². The molecule has 2 saturated carbocycles. The molecule has 5 heteroatoms. The molecule has 2 fully saturated rings. The van der Waals surface area contributed by atoms with Crippen molar-refractivity contribution in [2.75, 3.05) is 6.54 Å². The fourth-order valence-corrected chi connectivity index (χ4v) is 3.45. The molecule has 0 saturated heterocycles. The van der Waals surface area contributed by atoms with Gasteiger partial charge >= 0.3 is 5.97 Å². The van der Waals surface area contributed by atoms with Gasteiger partial charge in [0.05, 0.1) is 6.54 Å². The minimum absolute atomic E-state index is 0.0452. The van der Waals surface area contributed by atoms with Crippen LogP contribution < -0.4 is 5.32 Å². The van der Waals surface area contributed by atoms with E-state index in [9.17, 15) is 14.7 Å². The smallest absolute Gasteiger partial charge is 0.320 e. The van der Waals surface area contributed by atoms with Gasteiger partial charge < -0.3 is 10.0 Å². The lowest BCUT2D eigenvalue weighted by Crippen LogP contribution is -2.51. The number of carbonyl (C=O) groups is 2. The molecule has 2 rings (SSSR count). The van der Waals surface area contributed by atoms with E-state index in [1.54, 1.807) is 0 Å². The monoisotopic (exact) mass is 296 g/mol. The molecule has 0 aromatic rings. The lowest BCUT2D eigenvalue weighted by Gasteiger charge is -2.37. The third kappa shape index (κ3) is 4.43. The van der Waals surface area contributed by atoms with Crippen LogP contribution in [0.25, 0.3) is 0 Å². The second kappa shape index (κ2) is 7.25. The van der Waals surface area contributed by atoms with Gasteiger partial charge in [-0.15, -0.1) is 0 Å². The first-order valence-electron chi connectivity index (χ1n) is 8.28. The SMILES string of the molecule is CC(C)N(C(=O)CNC(C(=O)O)C1CC1)C1CCCCC1. The molecule has 5 nitrogen and oxygen atoms in total. The van der Waals surface area contributed by atoms with Crippen LogP contribution in [-0.2, 0) is 9.59 Å². The van der Waals surface area contributed by atoms with Crippen LogP contribution in [0.15, 0.2) is 0 Å². The highest BCUT2D eigenvalue weighted by molar-refractivity contribution is 5.80. The van der Waals surface area contributed by atoms with Gasteiger partial charge in [0.15, 0.2) is 0 Å². The largest absolute Gasteiger partial charge is 0.480 e. The Morgan fingerprint density at radius 2 is 1.76 bits per heavy atom. The Labute approximate surface area is 127 Å². The van der Waals surface area contributed by atoms with E-state index in [1.165, 1.54) is 19.3 Å². The van der Waals surface area contributed by atoms with Crippen LogP contribution >= 0.6 is 0 Å². The van der Waals surface area contributed by atoms with Crippen molar-refractivity contribution in [3.63, 3.8) is 0 Å². The van der Waals surface area contributed by atoms with Crippen molar-refractivity contribution < 1.29 is 14.7 Å². The summed E-state index contributed by atoms with van der Waals surface area (Å²) in [6, 6.07) is -0.0572. The number of rotatable bonds is 7. The second-order valence-electron chi connectivity index (χ2n) is 6.72. The zero-order valence-corrected chi connectivity index (χ0v) is 13.2. The van der Waals surface area contributed by atoms with Gasteiger partial charge in [-0.3, -0.25) is 14.9 Å². The normalized spacial score (nSPS) is 21.3. The first kappa shape index (κ1) is 16.3. The molecular formula is C16H28N2O3. The van der Waals surface area contributed by atoms with Crippen LogP contribution in [-0.4, -0.2) is 46.6 Å². The zero-order valence-electron chi connectivity index (χ0n) is 13.2. The fraction of sp³-hybridized carbons (Fsp3) is 0.875. The Hall–Kier alpha value is -1.10. The number of hydrogen-bond donors (Lipinski definition) is 2. The number of nitrogens with zero attached hydrogens (tertiary/aromatic N) is 1. The van der Waals surface area contributed by atoms with Gasteiger partial charge in [-0.05, 0) is 45.4 Å². The highest BCUT2D eigenvalue weighted by Gasteiger charge is 2.37. The summed E-state index contributed by atoms with van der Waals surface area (Å²) in [5.41, 5.74) is 0. The lowest BCUT2D eigenvalue weighted by atomic mass is 9.93. The molecule has 0 radical (unpaired) electrons. The molecule has 2 N–H and O–H groups in total. The third-order valence-corrected chi connectivity index (χ3v) is 4.65. The molecular weight excluding hydrogens is 268 g/mol. The van der Waals surface area contributed by atoms with E-state index in [4.69, 9.17) is 0 Å². The molecule has 0 aromatic carbocycles. The lowest BCUT2D eigenvalue weighted by molar-refractivity contribution is -0.140. The summed E-state index contributed by atoms with van der Waals surface area (Å²) >= 11 is 0. The molecule has 0 aromatic heterocycles. The van der Waals surface area contributed by atoms with E-state index >= 15 is 0 Å². The molecule has 21 heavy (non-hydrogen) atoms. The first-order valence-corrected chi connectivity index (χ1v) is 8.28. The summed E-state index contributed by atoms with van der Waals surface area (Å²) in [7, 11) is 0. The Bertz CT molecular complexity index is 374. The van der Waals surface area contributed by atoms with Gasteiger partial charge in [0, 0.05) is 12.1 Å². The maximum atomic E-state index is 12.5. The number of carboxylic acid groups (broad SMARTS) is 1. The molecule has 2 aliphatic carbocycles. The van der Waals surface area contributed by atoms with Crippen LogP contribution in [0.3, 0.4) is 0 Å². The van der Waals surface area contributed by atoms with Crippen molar-refractivity contribution in [3.8, 4) is 0 Å². The van der Waals surface area contributed by atoms with Crippen molar-refractivity contribution in [3.05, 3.63) is 0 Å². The van der Waals surface area contributed by atoms with E-state index in [0.29, 0.717) is 6.04 Å². The molecule has 0 spiro atoms. The number of aliphatic carboxylic acids is 1. The molecule has 2 aliphatic rings. The maximum Gasteiger partial charge on any atom is 0.320 e. The quantitative estimate of drug-likeness (QED) is 0.754. The molecule has 0 heterocycles. The number of hydrogen-bond acceptors (Lipinski definition) is 3. The van der Waals surface area contributed by atoms with Crippen LogP contribution in [0.4, 0.5) is 0 Å². The minimum Gasteiger partial charge on any atom is -0.480 e. The van der Waals surface area contributed by atoms with Crippen molar-refractivity contribution in [1.29, 1.82) is 0 Å². The number of nitrogens with one attached hydrogen (secondary N) is 1. The van der Waals surface area contributed by atoms with Gasteiger partial charge in [0.2, 0.25) is 5.91 Å². The topological polar surface area (TPSA) is 69.6 Å². The average Bonchev–Trinajstić information content (AvgIpc) is 3.24. The molecule has 1 amide bonds. The highest BCUT2D eigenvalue weighted by Crippen LogP contribution is 2.32.